The van der Waals surface area contributed by atoms with Crippen LogP contribution in [0.3, 0.4) is 0 Å². The molecule has 0 saturated carbocycles. The van der Waals surface area contributed by atoms with Crippen molar-refractivity contribution in [3.05, 3.63) is 93.0 Å². The van der Waals surface area contributed by atoms with E-state index in [9.17, 15) is 9.59 Å². The van der Waals surface area contributed by atoms with Gasteiger partial charge in [-0.3, -0.25) is 9.59 Å². The van der Waals surface area contributed by atoms with Gasteiger partial charge in [0.25, 0.3) is 0 Å². The van der Waals surface area contributed by atoms with E-state index in [1.165, 1.54) is 0 Å². The molecule has 6 heteroatoms. The quantitative estimate of drug-likeness (QED) is 0.561. The number of ketones is 1. The first-order chi connectivity index (χ1) is 14.0. The van der Waals surface area contributed by atoms with E-state index in [1.54, 1.807) is 54.6 Å². The lowest BCUT2D eigenvalue weighted by molar-refractivity contribution is -0.115. The maximum Gasteiger partial charge on any atom is 0.228 e. The summed E-state index contributed by atoms with van der Waals surface area (Å²) in [7, 11) is 0. The third kappa shape index (κ3) is 4.29. The van der Waals surface area contributed by atoms with Crippen LogP contribution in [0.1, 0.15) is 27.0 Å². The molecule has 0 bridgehead atoms. The van der Waals surface area contributed by atoms with Crippen molar-refractivity contribution in [1.29, 1.82) is 0 Å². The van der Waals surface area contributed by atoms with Crippen LogP contribution in [-0.2, 0) is 17.6 Å². The fourth-order valence-corrected chi connectivity index (χ4v) is 3.65. The molecular weight excluding hydrogens is 409 g/mol. The summed E-state index contributed by atoms with van der Waals surface area (Å²) < 4.78 is 5.70. The highest BCUT2D eigenvalue weighted by Crippen LogP contribution is 2.33. The third-order valence-electron chi connectivity index (χ3n) is 4.71. The molecule has 146 valence electrons. The summed E-state index contributed by atoms with van der Waals surface area (Å²) in [6, 6.07) is 17.4. The zero-order chi connectivity index (χ0) is 20.4. The monoisotopic (exact) mass is 425 g/mol. The highest BCUT2D eigenvalue weighted by Gasteiger charge is 2.23. The smallest absolute Gasteiger partial charge is 0.228 e. The minimum Gasteiger partial charge on any atom is -0.492 e. The molecule has 1 N–H and O–H groups in total. The van der Waals surface area contributed by atoms with Crippen LogP contribution in [0.15, 0.2) is 60.7 Å². The van der Waals surface area contributed by atoms with Gasteiger partial charge in [-0.15, -0.1) is 0 Å². The number of ether oxygens (including phenoxy) is 1. The molecule has 0 radical (unpaired) electrons. The van der Waals surface area contributed by atoms with E-state index >= 15 is 0 Å². The average Bonchev–Trinajstić information content (AvgIpc) is 3.18. The van der Waals surface area contributed by atoms with Crippen molar-refractivity contribution in [3.8, 4) is 5.75 Å². The van der Waals surface area contributed by atoms with Crippen LogP contribution < -0.4 is 10.1 Å². The number of amides is 1. The number of carbonyl (C=O) groups is 2. The van der Waals surface area contributed by atoms with Gasteiger partial charge in [-0.05, 0) is 53.6 Å². The molecule has 3 aromatic carbocycles. The Kier molecular flexibility index (Phi) is 5.56. The van der Waals surface area contributed by atoms with Crippen molar-refractivity contribution in [2.75, 3.05) is 11.9 Å². The van der Waals surface area contributed by atoms with Gasteiger partial charge < -0.3 is 10.1 Å². The van der Waals surface area contributed by atoms with Crippen LogP contribution >= 0.6 is 23.2 Å². The topological polar surface area (TPSA) is 55.4 Å². The van der Waals surface area contributed by atoms with Crippen molar-refractivity contribution < 1.29 is 14.3 Å². The SMILES string of the molecule is O=C(Cc1cc2c(c(C(=O)c3ccc(Cl)cc3)c1)OCC2)Nc1ccccc1Cl. The number of para-hydroxylation sites is 1. The van der Waals surface area contributed by atoms with E-state index < -0.39 is 0 Å². The predicted octanol–water partition coefficient (Wildman–Crippen LogP) is 5.34. The van der Waals surface area contributed by atoms with Gasteiger partial charge in [0.15, 0.2) is 5.78 Å². The summed E-state index contributed by atoms with van der Waals surface area (Å²) in [5.41, 5.74) is 3.22. The normalized spacial score (nSPS) is 12.2. The fraction of sp³-hybridized carbons (Fsp3) is 0.130. The Morgan fingerprint density at radius 3 is 2.52 bits per heavy atom. The molecule has 0 unspecified atom stereocenters. The van der Waals surface area contributed by atoms with E-state index in [2.05, 4.69) is 5.32 Å². The Labute approximate surface area is 178 Å². The van der Waals surface area contributed by atoms with Gasteiger partial charge >= 0.3 is 0 Å². The lowest BCUT2D eigenvalue weighted by atomic mass is 9.96. The summed E-state index contributed by atoms with van der Waals surface area (Å²) in [6.45, 7) is 0.519. The number of nitrogens with one attached hydrogen (secondary N) is 1. The first kappa shape index (κ1) is 19.5. The zero-order valence-electron chi connectivity index (χ0n) is 15.4. The molecule has 29 heavy (non-hydrogen) atoms. The van der Waals surface area contributed by atoms with Gasteiger partial charge in [0.05, 0.1) is 29.3 Å². The van der Waals surface area contributed by atoms with E-state index in [-0.39, 0.29) is 18.1 Å². The highest BCUT2D eigenvalue weighted by atomic mass is 35.5. The Bertz CT molecular complexity index is 1090. The standard InChI is InChI=1S/C23H17Cl2NO3/c24-17-7-5-15(6-8-17)22(28)18-12-14(11-16-9-10-29-23(16)18)13-21(27)26-20-4-2-1-3-19(20)25/h1-8,11-12H,9-10,13H2,(H,26,27). The number of fused-ring (bicyclic) bond motifs is 1. The average molecular weight is 426 g/mol. The Morgan fingerprint density at radius 1 is 1.00 bits per heavy atom. The number of anilines is 1. The molecule has 0 aromatic heterocycles. The Hall–Kier alpha value is -2.82. The lowest BCUT2D eigenvalue weighted by Gasteiger charge is -2.12. The lowest BCUT2D eigenvalue weighted by Crippen LogP contribution is -2.15. The first-order valence-corrected chi connectivity index (χ1v) is 9.90. The molecule has 1 amide bonds. The maximum atomic E-state index is 13.0. The molecule has 3 aromatic rings. The molecule has 1 heterocycles. The van der Waals surface area contributed by atoms with Crippen LogP contribution in [0, 0.1) is 0 Å². The third-order valence-corrected chi connectivity index (χ3v) is 5.29. The highest BCUT2D eigenvalue weighted by molar-refractivity contribution is 6.33. The molecular formula is C23H17Cl2NO3. The fourth-order valence-electron chi connectivity index (χ4n) is 3.34. The second-order valence-corrected chi connectivity index (χ2v) is 7.61. The van der Waals surface area contributed by atoms with E-state index in [0.717, 1.165) is 11.1 Å². The minimum atomic E-state index is -0.207. The van der Waals surface area contributed by atoms with Crippen molar-refractivity contribution in [2.24, 2.45) is 0 Å². The Balaban J connectivity index is 1.61. The van der Waals surface area contributed by atoms with Crippen LogP contribution in [0.5, 0.6) is 5.75 Å². The molecule has 0 spiro atoms. The number of benzene rings is 3. The van der Waals surface area contributed by atoms with E-state index in [0.29, 0.717) is 45.6 Å². The number of rotatable bonds is 5. The molecule has 4 rings (SSSR count). The Morgan fingerprint density at radius 2 is 1.76 bits per heavy atom. The first-order valence-electron chi connectivity index (χ1n) is 9.14. The van der Waals surface area contributed by atoms with Crippen molar-refractivity contribution in [2.45, 2.75) is 12.8 Å². The summed E-state index contributed by atoms with van der Waals surface area (Å²) in [4.78, 5) is 25.6. The van der Waals surface area contributed by atoms with Crippen LogP contribution in [0.25, 0.3) is 0 Å². The van der Waals surface area contributed by atoms with Crippen LogP contribution in [-0.4, -0.2) is 18.3 Å². The van der Waals surface area contributed by atoms with E-state index in [1.807, 2.05) is 6.07 Å². The second-order valence-electron chi connectivity index (χ2n) is 6.77. The molecule has 4 nitrogen and oxygen atoms in total. The van der Waals surface area contributed by atoms with Crippen LogP contribution in [0.2, 0.25) is 10.0 Å². The van der Waals surface area contributed by atoms with Crippen molar-refractivity contribution >= 4 is 40.6 Å². The van der Waals surface area contributed by atoms with Gasteiger partial charge in [0.2, 0.25) is 5.91 Å². The van der Waals surface area contributed by atoms with Gasteiger partial charge in [0, 0.05) is 17.0 Å². The number of halogens is 2. The minimum absolute atomic E-state index is 0.124. The van der Waals surface area contributed by atoms with E-state index in [4.69, 9.17) is 27.9 Å². The number of carbonyl (C=O) groups excluding carboxylic acids is 2. The predicted molar refractivity (Wildman–Crippen MR) is 114 cm³/mol. The van der Waals surface area contributed by atoms with Gasteiger partial charge in [-0.1, -0.05) is 41.4 Å². The van der Waals surface area contributed by atoms with Crippen molar-refractivity contribution in [3.63, 3.8) is 0 Å². The molecule has 1 aliphatic heterocycles. The largest absolute Gasteiger partial charge is 0.492 e. The number of hydrogen-bond donors (Lipinski definition) is 1. The van der Waals surface area contributed by atoms with Gasteiger partial charge in [-0.2, -0.15) is 0 Å². The summed E-state index contributed by atoms with van der Waals surface area (Å²) in [6.07, 6.45) is 0.829. The molecule has 1 aliphatic rings. The molecule has 0 fully saturated rings. The van der Waals surface area contributed by atoms with Crippen molar-refractivity contribution in [1.82, 2.24) is 0 Å². The zero-order valence-corrected chi connectivity index (χ0v) is 16.9. The summed E-state index contributed by atoms with van der Waals surface area (Å²) in [5, 5.41) is 3.85. The van der Waals surface area contributed by atoms with Gasteiger partial charge in [-0.25, -0.2) is 0 Å². The molecule has 0 atom stereocenters. The van der Waals surface area contributed by atoms with Crippen LogP contribution in [0.4, 0.5) is 5.69 Å². The summed E-state index contributed by atoms with van der Waals surface area (Å²) >= 11 is 12.0. The molecule has 0 aliphatic carbocycles. The number of hydrogen-bond acceptors (Lipinski definition) is 3. The maximum absolute atomic E-state index is 13.0. The second kappa shape index (κ2) is 8.27. The van der Waals surface area contributed by atoms with Gasteiger partial charge in [0.1, 0.15) is 5.75 Å². The molecule has 0 saturated heterocycles. The summed E-state index contributed by atoms with van der Waals surface area (Å²) in [5.74, 6) is 0.232.